The maximum Gasteiger partial charge on any atom is 0.416 e. The van der Waals surface area contributed by atoms with Gasteiger partial charge in [0, 0.05) is 0 Å². The average Bonchev–Trinajstić information content (AvgIpc) is 3.29. The molecule has 0 nitrogen and oxygen atoms in total. The molecule has 0 unspecified atom stereocenters. The van der Waals surface area contributed by atoms with Crippen LogP contribution in [0.1, 0.15) is 31.9 Å². The number of hydrogen-bond donors (Lipinski definition) is 0. The summed E-state index contributed by atoms with van der Waals surface area (Å²) in [5, 5.41) is 13.5. The fourth-order valence-electron chi connectivity index (χ4n) is 9.64. The van der Waals surface area contributed by atoms with E-state index >= 15 is 0 Å². The Hall–Kier alpha value is -7.23. The van der Waals surface area contributed by atoms with Crippen molar-refractivity contribution in [3.63, 3.8) is 0 Å². The predicted octanol–water partition coefficient (Wildman–Crippen LogP) is 17.6. The van der Waals surface area contributed by atoms with Gasteiger partial charge in [-0.05, 0) is 169 Å². The topological polar surface area (TPSA) is 0 Å². The van der Waals surface area contributed by atoms with Gasteiger partial charge in [0.25, 0.3) is 0 Å². The largest absolute Gasteiger partial charge is 0.416 e. The molecule has 0 aliphatic carbocycles. The number of alkyl halides is 3. The summed E-state index contributed by atoms with van der Waals surface area (Å²) >= 11 is 0. The fourth-order valence-corrected chi connectivity index (χ4v) is 9.64. The van der Waals surface area contributed by atoms with Crippen molar-refractivity contribution in [2.24, 2.45) is 0 Å². The first kappa shape index (κ1) is 37.7. The van der Waals surface area contributed by atoms with Gasteiger partial charge in [-0.25, -0.2) is 0 Å². The van der Waals surface area contributed by atoms with Gasteiger partial charge in [-0.3, -0.25) is 0 Å². The van der Waals surface area contributed by atoms with Crippen molar-refractivity contribution in [3.8, 4) is 44.5 Å². The van der Waals surface area contributed by atoms with Gasteiger partial charge < -0.3 is 0 Å². The highest BCUT2D eigenvalue weighted by atomic mass is 19.4. The normalized spacial score (nSPS) is 12.4. The Balaban J connectivity index is 1.30. The molecule has 0 saturated carbocycles. The minimum Gasteiger partial charge on any atom is -0.166 e. The maximum atomic E-state index is 13.9. The highest BCUT2D eigenvalue weighted by molar-refractivity contribution is 6.25. The summed E-state index contributed by atoms with van der Waals surface area (Å²) in [4.78, 5) is 0. The lowest BCUT2D eigenvalue weighted by Gasteiger charge is -2.21. The summed E-state index contributed by atoms with van der Waals surface area (Å²) in [6.07, 6.45) is -4.44. The molecule has 0 amide bonds. The van der Waals surface area contributed by atoms with Crippen LogP contribution >= 0.6 is 0 Å². The van der Waals surface area contributed by atoms with Crippen LogP contribution in [0.2, 0.25) is 0 Å². The van der Waals surface area contributed by atoms with Gasteiger partial charge in [-0.2, -0.15) is 13.2 Å². The van der Waals surface area contributed by atoms with Crippen LogP contribution in [0.3, 0.4) is 0 Å². The Kier molecular flexibility index (Phi) is 8.63. The maximum absolute atomic E-state index is 13.9. The van der Waals surface area contributed by atoms with Crippen molar-refractivity contribution >= 4 is 64.6 Å². The zero-order valence-corrected chi connectivity index (χ0v) is 34.6. The molecule has 0 aromatic heterocycles. The van der Waals surface area contributed by atoms with Gasteiger partial charge in [0.05, 0.1) is 5.56 Å². The summed E-state index contributed by atoms with van der Waals surface area (Å²) in [6, 6.07) is 66.8. The summed E-state index contributed by atoms with van der Waals surface area (Å²) in [7, 11) is 0. The number of halogens is 3. The van der Waals surface area contributed by atoms with Gasteiger partial charge in [0.1, 0.15) is 0 Å². The Labute approximate surface area is 358 Å². The van der Waals surface area contributed by atoms with Crippen LogP contribution in [0.15, 0.2) is 194 Å². The highest BCUT2D eigenvalue weighted by Gasteiger charge is 2.30. The molecule has 11 aromatic rings. The third-order valence-electron chi connectivity index (χ3n) is 12.8. The van der Waals surface area contributed by atoms with Crippen molar-refractivity contribution in [1.82, 2.24) is 0 Å². The van der Waals surface area contributed by atoms with E-state index in [1.807, 2.05) is 0 Å². The molecule has 62 heavy (non-hydrogen) atoms. The van der Waals surface area contributed by atoms with E-state index in [0.29, 0.717) is 0 Å². The first-order valence-corrected chi connectivity index (χ1v) is 21.1. The molecule has 0 bridgehead atoms. The monoisotopic (exact) mass is 806 g/mol. The number of benzene rings is 11. The van der Waals surface area contributed by atoms with E-state index in [1.54, 1.807) is 12.1 Å². The SMILES string of the molecule is CC(C)(C)c1ccc(-c2ccc3c(-c4cc5ccccc5c5ccccc45)c4cc(-c5ccc(C(F)(F)F)cc5)cc(-c5cc6ccccc6c6ccccc56)c4cc3c2)cc1. The predicted molar refractivity (Wildman–Crippen MR) is 257 cm³/mol. The molecular weight excluding hydrogens is 766 g/mol. The summed E-state index contributed by atoms with van der Waals surface area (Å²) in [5.74, 6) is 0. The van der Waals surface area contributed by atoms with Gasteiger partial charge in [-0.1, -0.05) is 166 Å². The van der Waals surface area contributed by atoms with E-state index in [9.17, 15) is 13.2 Å². The lowest BCUT2D eigenvalue weighted by Crippen LogP contribution is -2.10. The quantitative estimate of drug-likeness (QED) is 0.123. The standard InChI is InChI=1S/C59H41F3/c1-58(2,3)43-25-20-36(21-26-43)38-24-29-47-42(30-38)35-54-53(52-31-39-12-4-6-14-45(39)48-16-8-10-18-50(48)52)33-41(37-22-27-44(28-23-37)59(60,61)62)34-56(54)57(47)55-32-40-13-5-7-15-46(40)49-17-9-11-19-51(49)55/h4-35H,1-3H3. The van der Waals surface area contributed by atoms with Gasteiger partial charge >= 0.3 is 6.18 Å². The second-order valence-electron chi connectivity index (χ2n) is 17.6. The van der Waals surface area contributed by atoms with Gasteiger partial charge in [-0.15, -0.1) is 0 Å². The van der Waals surface area contributed by atoms with Crippen LogP contribution in [0, 0.1) is 0 Å². The molecule has 11 rings (SSSR count). The molecule has 0 atom stereocenters. The van der Waals surface area contributed by atoms with Crippen molar-refractivity contribution in [1.29, 1.82) is 0 Å². The zero-order valence-electron chi connectivity index (χ0n) is 34.6. The van der Waals surface area contributed by atoms with E-state index in [0.717, 1.165) is 93.0 Å². The second kappa shape index (κ2) is 14.2. The first-order valence-electron chi connectivity index (χ1n) is 21.1. The Morgan fingerprint density at radius 2 is 0.758 bits per heavy atom. The van der Waals surface area contributed by atoms with Crippen molar-refractivity contribution in [3.05, 3.63) is 205 Å². The number of hydrogen-bond acceptors (Lipinski definition) is 0. The molecule has 0 radical (unpaired) electrons. The van der Waals surface area contributed by atoms with Crippen LogP contribution in [-0.4, -0.2) is 0 Å². The molecule has 0 N–H and O–H groups in total. The molecule has 298 valence electrons. The average molecular weight is 807 g/mol. The molecule has 0 heterocycles. The van der Waals surface area contributed by atoms with E-state index in [1.165, 1.54) is 33.9 Å². The van der Waals surface area contributed by atoms with Crippen LogP contribution in [0.5, 0.6) is 0 Å². The fraction of sp³-hybridized carbons (Fsp3) is 0.0847. The van der Waals surface area contributed by atoms with E-state index in [2.05, 4.69) is 191 Å². The van der Waals surface area contributed by atoms with Crippen molar-refractivity contribution in [2.75, 3.05) is 0 Å². The smallest absolute Gasteiger partial charge is 0.166 e. The minimum atomic E-state index is -4.44. The number of rotatable bonds is 4. The van der Waals surface area contributed by atoms with E-state index in [4.69, 9.17) is 0 Å². The van der Waals surface area contributed by atoms with Crippen LogP contribution in [0.25, 0.3) is 109 Å². The molecule has 0 aliphatic heterocycles. The Morgan fingerprint density at radius 1 is 0.290 bits per heavy atom. The van der Waals surface area contributed by atoms with Crippen molar-refractivity contribution < 1.29 is 13.2 Å². The second-order valence-corrected chi connectivity index (χ2v) is 17.6. The lowest BCUT2D eigenvalue weighted by molar-refractivity contribution is -0.137. The van der Waals surface area contributed by atoms with Gasteiger partial charge in [0.15, 0.2) is 0 Å². The summed E-state index contributed by atoms with van der Waals surface area (Å²) < 4.78 is 41.8. The third-order valence-corrected chi connectivity index (χ3v) is 12.8. The Bertz CT molecular complexity index is 3570. The minimum absolute atomic E-state index is 0.0426. The molecule has 0 saturated heterocycles. The molecule has 11 aromatic carbocycles. The van der Waals surface area contributed by atoms with E-state index < -0.39 is 11.7 Å². The highest BCUT2D eigenvalue weighted by Crippen LogP contribution is 2.48. The van der Waals surface area contributed by atoms with Crippen molar-refractivity contribution in [2.45, 2.75) is 32.4 Å². The van der Waals surface area contributed by atoms with Crippen LogP contribution in [0.4, 0.5) is 13.2 Å². The molecule has 0 spiro atoms. The third kappa shape index (κ3) is 6.31. The van der Waals surface area contributed by atoms with Crippen LogP contribution < -0.4 is 0 Å². The Morgan fingerprint density at radius 3 is 1.34 bits per heavy atom. The molecule has 0 fully saturated rings. The zero-order chi connectivity index (χ0) is 42.3. The summed E-state index contributed by atoms with van der Waals surface area (Å²) in [6.45, 7) is 6.71. The molecular formula is C59H41F3. The molecule has 3 heteroatoms. The number of fused-ring (bicyclic) bond motifs is 8. The van der Waals surface area contributed by atoms with E-state index in [-0.39, 0.29) is 5.41 Å². The van der Waals surface area contributed by atoms with Gasteiger partial charge in [0.2, 0.25) is 0 Å². The summed E-state index contributed by atoms with van der Waals surface area (Å²) in [5.41, 5.74) is 8.80. The first-order chi connectivity index (χ1) is 30.0. The molecule has 0 aliphatic rings. The van der Waals surface area contributed by atoms with Crippen LogP contribution in [-0.2, 0) is 11.6 Å². The lowest BCUT2D eigenvalue weighted by atomic mass is 9.82.